The lowest BCUT2D eigenvalue weighted by molar-refractivity contribution is -0.129. The summed E-state index contributed by atoms with van der Waals surface area (Å²) in [5, 5.41) is 12.2. The number of phenolic OH excluding ortho intramolecular Hbond substituents is 1. The van der Waals surface area contributed by atoms with Gasteiger partial charge in [-0.3, -0.25) is 9.69 Å². The van der Waals surface area contributed by atoms with E-state index in [1.54, 1.807) is 19.2 Å². The third kappa shape index (κ3) is 2.80. The highest BCUT2D eigenvalue weighted by Gasteiger charge is 2.41. The summed E-state index contributed by atoms with van der Waals surface area (Å²) in [6.07, 6.45) is 1.88. The van der Waals surface area contributed by atoms with Crippen LogP contribution in [0.25, 0.3) is 0 Å². The molecule has 1 aromatic rings. The van der Waals surface area contributed by atoms with Crippen molar-refractivity contribution in [2.24, 2.45) is 5.41 Å². The van der Waals surface area contributed by atoms with E-state index in [0.29, 0.717) is 11.8 Å². The Hall–Kier alpha value is -1.55. The van der Waals surface area contributed by atoms with Crippen LogP contribution in [0.5, 0.6) is 5.75 Å². The fourth-order valence-corrected chi connectivity index (χ4v) is 3.15. The number of phenols is 1. The minimum atomic E-state index is -0.293. The number of nitrogens with one attached hydrogen (secondary N) is 1. The van der Waals surface area contributed by atoms with Crippen molar-refractivity contribution in [2.75, 3.05) is 20.1 Å². The number of benzene rings is 1. The van der Waals surface area contributed by atoms with E-state index in [-0.39, 0.29) is 11.3 Å². The zero-order chi connectivity index (χ0) is 14.8. The first kappa shape index (κ1) is 14.9. The van der Waals surface area contributed by atoms with E-state index >= 15 is 0 Å². The molecule has 110 valence electrons. The summed E-state index contributed by atoms with van der Waals surface area (Å²) < 4.78 is 0. The first-order chi connectivity index (χ1) is 9.50. The number of rotatable bonds is 4. The maximum atomic E-state index is 12.0. The Kier molecular flexibility index (Phi) is 4.33. The van der Waals surface area contributed by atoms with E-state index in [1.807, 2.05) is 19.1 Å². The standard InChI is InChI=1S/C16H24N2O2/c1-4-14(12-5-7-13(19)8-6-12)18-10-9-16(2,11-18)15(20)17-3/h5-8,14,19H,4,9-11H2,1-3H3,(H,17,20). The Morgan fingerprint density at radius 1 is 1.45 bits per heavy atom. The average Bonchev–Trinajstić information content (AvgIpc) is 2.84. The number of hydrogen-bond acceptors (Lipinski definition) is 3. The van der Waals surface area contributed by atoms with E-state index in [9.17, 15) is 9.90 Å². The number of aromatic hydroxyl groups is 1. The molecule has 0 aliphatic carbocycles. The predicted molar refractivity (Wildman–Crippen MR) is 79.5 cm³/mol. The molecule has 4 heteroatoms. The second-order valence-electron chi connectivity index (χ2n) is 5.88. The normalized spacial score (nSPS) is 24.6. The molecular formula is C16H24N2O2. The summed E-state index contributed by atoms with van der Waals surface area (Å²) in [6, 6.07) is 7.71. The molecule has 1 fully saturated rings. The van der Waals surface area contributed by atoms with Gasteiger partial charge in [-0.2, -0.15) is 0 Å². The van der Waals surface area contributed by atoms with Gasteiger partial charge in [0.15, 0.2) is 0 Å². The van der Waals surface area contributed by atoms with Gasteiger partial charge < -0.3 is 10.4 Å². The van der Waals surface area contributed by atoms with Crippen molar-refractivity contribution in [2.45, 2.75) is 32.7 Å². The van der Waals surface area contributed by atoms with E-state index in [1.165, 1.54) is 5.56 Å². The first-order valence-electron chi connectivity index (χ1n) is 7.25. The minimum absolute atomic E-state index is 0.126. The summed E-state index contributed by atoms with van der Waals surface area (Å²) in [5.74, 6) is 0.417. The van der Waals surface area contributed by atoms with Crippen molar-refractivity contribution >= 4 is 5.91 Å². The molecule has 0 bridgehead atoms. The summed E-state index contributed by atoms with van der Waals surface area (Å²) in [6.45, 7) is 5.91. The third-order valence-corrected chi connectivity index (χ3v) is 4.38. The van der Waals surface area contributed by atoms with Crippen molar-refractivity contribution in [3.05, 3.63) is 29.8 Å². The van der Waals surface area contributed by atoms with Crippen molar-refractivity contribution < 1.29 is 9.90 Å². The van der Waals surface area contributed by atoms with Crippen LogP contribution in [-0.4, -0.2) is 36.1 Å². The SMILES string of the molecule is CCC(c1ccc(O)cc1)N1CCC(C)(C(=O)NC)C1. The molecule has 2 atom stereocenters. The highest BCUT2D eigenvalue weighted by atomic mass is 16.3. The van der Waals surface area contributed by atoms with Crippen LogP contribution in [-0.2, 0) is 4.79 Å². The monoisotopic (exact) mass is 276 g/mol. The van der Waals surface area contributed by atoms with Crippen LogP contribution in [0.3, 0.4) is 0 Å². The molecule has 1 amide bonds. The van der Waals surface area contributed by atoms with E-state index in [4.69, 9.17) is 0 Å². The molecule has 2 rings (SSSR count). The predicted octanol–water partition coefficient (Wildman–Crippen LogP) is 2.30. The van der Waals surface area contributed by atoms with Gasteiger partial charge >= 0.3 is 0 Å². The fourth-order valence-electron chi connectivity index (χ4n) is 3.15. The molecule has 0 spiro atoms. The van der Waals surface area contributed by atoms with Gasteiger partial charge in [0.1, 0.15) is 5.75 Å². The van der Waals surface area contributed by atoms with Crippen molar-refractivity contribution in [3.8, 4) is 5.75 Å². The molecule has 4 nitrogen and oxygen atoms in total. The van der Waals surface area contributed by atoms with Gasteiger partial charge in [0.05, 0.1) is 5.41 Å². The van der Waals surface area contributed by atoms with Crippen LogP contribution < -0.4 is 5.32 Å². The lowest BCUT2D eigenvalue weighted by atomic mass is 9.88. The maximum absolute atomic E-state index is 12.0. The first-order valence-corrected chi connectivity index (χ1v) is 7.25. The molecule has 2 unspecified atom stereocenters. The van der Waals surface area contributed by atoms with Crippen LogP contribution >= 0.6 is 0 Å². The van der Waals surface area contributed by atoms with Crippen LogP contribution in [0.1, 0.15) is 38.3 Å². The van der Waals surface area contributed by atoms with Crippen molar-refractivity contribution in [1.82, 2.24) is 10.2 Å². The molecule has 20 heavy (non-hydrogen) atoms. The van der Waals surface area contributed by atoms with Gasteiger partial charge in [0.2, 0.25) is 5.91 Å². The second-order valence-corrected chi connectivity index (χ2v) is 5.88. The number of amides is 1. The molecular weight excluding hydrogens is 252 g/mol. The van der Waals surface area contributed by atoms with Gasteiger partial charge in [-0.05, 0) is 44.0 Å². The quantitative estimate of drug-likeness (QED) is 0.887. The molecule has 1 aliphatic heterocycles. The Labute approximate surface area is 120 Å². The largest absolute Gasteiger partial charge is 0.508 e. The zero-order valence-corrected chi connectivity index (χ0v) is 12.5. The summed E-state index contributed by atoms with van der Waals surface area (Å²) in [7, 11) is 1.70. The highest BCUT2D eigenvalue weighted by Crippen LogP contribution is 2.37. The minimum Gasteiger partial charge on any atom is -0.508 e. The van der Waals surface area contributed by atoms with Crippen LogP contribution in [0.2, 0.25) is 0 Å². The molecule has 1 aliphatic rings. The number of likely N-dealkylation sites (tertiary alicyclic amines) is 1. The molecule has 2 N–H and O–H groups in total. The van der Waals surface area contributed by atoms with Crippen molar-refractivity contribution in [3.63, 3.8) is 0 Å². The average molecular weight is 276 g/mol. The number of carbonyl (C=O) groups excluding carboxylic acids is 1. The van der Waals surface area contributed by atoms with E-state index in [0.717, 1.165) is 25.9 Å². The molecule has 0 saturated carbocycles. The zero-order valence-electron chi connectivity index (χ0n) is 12.5. The Balaban J connectivity index is 2.14. The fraction of sp³-hybridized carbons (Fsp3) is 0.562. The second kappa shape index (κ2) is 5.83. The third-order valence-electron chi connectivity index (χ3n) is 4.38. The Morgan fingerprint density at radius 3 is 2.65 bits per heavy atom. The Bertz CT molecular complexity index is 472. The molecule has 0 radical (unpaired) electrons. The number of carbonyl (C=O) groups is 1. The van der Waals surface area contributed by atoms with Gasteiger partial charge in [-0.15, -0.1) is 0 Å². The molecule has 0 aromatic heterocycles. The molecule has 1 heterocycles. The van der Waals surface area contributed by atoms with E-state index < -0.39 is 0 Å². The lowest BCUT2D eigenvalue weighted by Crippen LogP contribution is -2.39. The van der Waals surface area contributed by atoms with Gasteiger partial charge in [0, 0.05) is 19.6 Å². The van der Waals surface area contributed by atoms with Crippen molar-refractivity contribution in [1.29, 1.82) is 0 Å². The van der Waals surface area contributed by atoms with Crippen LogP contribution in [0, 0.1) is 5.41 Å². The Morgan fingerprint density at radius 2 is 2.10 bits per heavy atom. The molecule has 1 aromatic carbocycles. The number of hydrogen-bond donors (Lipinski definition) is 2. The van der Waals surface area contributed by atoms with E-state index in [2.05, 4.69) is 17.1 Å². The molecule has 1 saturated heterocycles. The lowest BCUT2D eigenvalue weighted by Gasteiger charge is -2.29. The summed E-state index contributed by atoms with van der Waals surface area (Å²) in [5.41, 5.74) is 0.908. The van der Waals surface area contributed by atoms with Gasteiger partial charge in [-0.1, -0.05) is 19.1 Å². The maximum Gasteiger partial charge on any atom is 0.227 e. The van der Waals surface area contributed by atoms with Crippen LogP contribution in [0.4, 0.5) is 0 Å². The number of nitrogens with zero attached hydrogens (tertiary/aromatic N) is 1. The van der Waals surface area contributed by atoms with Gasteiger partial charge in [-0.25, -0.2) is 0 Å². The summed E-state index contributed by atoms with van der Waals surface area (Å²) >= 11 is 0. The summed E-state index contributed by atoms with van der Waals surface area (Å²) in [4.78, 5) is 14.4. The topological polar surface area (TPSA) is 52.6 Å². The highest BCUT2D eigenvalue weighted by molar-refractivity contribution is 5.82. The van der Waals surface area contributed by atoms with Crippen LogP contribution in [0.15, 0.2) is 24.3 Å². The smallest absolute Gasteiger partial charge is 0.227 e. The van der Waals surface area contributed by atoms with Gasteiger partial charge in [0.25, 0.3) is 0 Å².